The van der Waals surface area contributed by atoms with Gasteiger partial charge in [0.1, 0.15) is 0 Å². The lowest BCUT2D eigenvalue weighted by molar-refractivity contribution is -0.140. The van der Waals surface area contributed by atoms with Crippen LogP contribution in [0.3, 0.4) is 0 Å². The topological polar surface area (TPSA) is 72.0 Å². The van der Waals surface area contributed by atoms with Gasteiger partial charge in [0.2, 0.25) is 0 Å². The molecule has 6 nitrogen and oxygen atoms in total. The third-order valence-electron chi connectivity index (χ3n) is 4.32. The van der Waals surface area contributed by atoms with Crippen molar-refractivity contribution < 1.29 is 14.3 Å². The van der Waals surface area contributed by atoms with Gasteiger partial charge in [0.15, 0.2) is 5.96 Å². The number of carbonyl (C=O) groups excluding carboxylic acids is 1. The molecule has 0 amide bonds. The number of methoxy groups -OCH3 is 1. The van der Waals surface area contributed by atoms with Gasteiger partial charge in [0, 0.05) is 33.2 Å². The Morgan fingerprint density at radius 1 is 1.04 bits per heavy atom. The predicted octanol–water partition coefficient (Wildman–Crippen LogP) is 2.62. The van der Waals surface area contributed by atoms with Crippen LogP contribution in [0.5, 0.6) is 0 Å². The van der Waals surface area contributed by atoms with Crippen LogP contribution in [0.1, 0.15) is 64.2 Å². The number of guanidine groups is 1. The summed E-state index contributed by atoms with van der Waals surface area (Å²) >= 11 is 0. The second kappa shape index (κ2) is 14.1. The van der Waals surface area contributed by atoms with Gasteiger partial charge in [-0.15, -0.1) is 0 Å². The highest BCUT2D eigenvalue weighted by molar-refractivity contribution is 5.79. The SMILES string of the molecule is CN=C(NCCCCCC(=O)OC)NCCCOC1CCCCC1. The summed E-state index contributed by atoms with van der Waals surface area (Å²) in [6.45, 7) is 2.55. The van der Waals surface area contributed by atoms with Crippen LogP contribution in [0.15, 0.2) is 4.99 Å². The Hall–Kier alpha value is -1.30. The average molecular weight is 341 g/mol. The molecule has 0 spiro atoms. The van der Waals surface area contributed by atoms with Crippen LogP contribution in [0.2, 0.25) is 0 Å². The maximum atomic E-state index is 11.0. The number of aliphatic imine (C=N–C) groups is 1. The molecular formula is C18H35N3O3. The minimum absolute atomic E-state index is 0.129. The number of hydrogen-bond acceptors (Lipinski definition) is 4. The maximum Gasteiger partial charge on any atom is 0.305 e. The fraction of sp³-hybridized carbons (Fsp3) is 0.889. The van der Waals surface area contributed by atoms with Gasteiger partial charge >= 0.3 is 5.97 Å². The minimum Gasteiger partial charge on any atom is -0.469 e. The van der Waals surface area contributed by atoms with E-state index in [1.165, 1.54) is 39.2 Å². The molecule has 24 heavy (non-hydrogen) atoms. The van der Waals surface area contributed by atoms with Crippen LogP contribution in [-0.2, 0) is 14.3 Å². The van der Waals surface area contributed by atoms with E-state index in [9.17, 15) is 4.79 Å². The summed E-state index contributed by atoms with van der Waals surface area (Å²) in [5.41, 5.74) is 0. The zero-order chi connectivity index (χ0) is 17.5. The van der Waals surface area contributed by atoms with Crippen LogP contribution in [0.25, 0.3) is 0 Å². The summed E-state index contributed by atoms with van der Waals surface area (Å²) < 4.78 is 10.5. The first-order chi connectivity index (χ1) is 11.8. The smallest absolute Gasteiger partial charge is 0.305 e. The molecule has 0 aliphatic heterocycles. The summed E-state index contributed by atoms with van der Waals surface area (Å²) in [6, 6.07) is 0. The summed E-state index contributed by atoms with van der Waals surface area (Å²) in [6.07, 6.45) is 11.3. The fourth-order valence-corrected chi connectivity index (χ4v) is 2.86. The van der Waals surface area contributed by atoms with E-state index in [2.05, 4.69) is 20.4 Å². The number of unbranched alkanes of at least 4 members (excludes halogenated alkanes) is 2. The Morgan fingerprint density at radius 2 is 1.75 bits per heavy atom. The molecule has 1 fully saturated rings. The minimum atomic E-state index is -0.129. The first-order valence-corrected chi connectivity index (χ1v) is 9.39. The fourth-order valence-electron chi connectivity index (χ4n) is 2.86. The lowest BCUT2D eigenvalue weighted by Crippen LogP contribution is -2.38. The van der Waals surface area contributed by atoms with Gasteiger partial charge in [0.25, 0.3) is 0 Å². The molecule has 0 aromatic heterocycles. The Morgan fingerprint density at radius 3 is 2.42 bits per heavy atom. The van der Waals surface area contributed by atoms with E-state index in [-0.39, 0.29) is 5.97 Å². The highest BCUT2D eigenvalue weighted by Crippen LogP contribution is 2.20. The lowest BCUT2D eigenvalue weighted by Gasteiger charge is -2.22. The molecule has 0 saturated heterocycles. The van der Waals surface area contributed by atoms with E-state index in [0.29, 0.717) is 12.5 Å². The van der Waals surface area contributed by atoms with Crippen molar-refractivity contribution in [3.8, 4) is 0 Å². The van der Waals surface area contributed by atoms with Crippen LogP contribution in [0.4, 0.5) is 0 Å². The molecule has 1 rings (SSSR count). The molecule has 1 aliphatic carbocycles. The van der Waals surface area contributed by atoms with Crippen LogP contribution in [0, 0.1) is 0 Å². The number of carbonyl (C=O) groups is 1. The Balaban J connectivity index is 1.93. The number of nitrogens with one attached hydrogen (secondary N) is 2. The molecule has 0 bridgehead atoms. The second-order valence-corrected chi connectivity index (χ2v) is 6.30. The van der Waals surface area contributed by atoms with Gasteiger partial charge < -0.3 is 20.1 Å². The number of nitrogens with zero attached hydrogens (tertiary/aromatic N) is 1. The normalized spacial score (nSPS) is 16.0. The summed E-state index contributed by atoms with van der Waals surface area (Å²) in [5, 5.41) is 6.60. The molecule has 0 aromatic rings. The molecule has 0 unspecified atom stereocenters. The predicted molar refractivity (Wildman–Crippen MR) is 97.3 cm³/mol. The number of esters is 1. The van der Waals surface area contributed by atoms with Crippen molar-refractivity contribution in [1.29, 1.82) is 0 Å². The van der Waals surface area contributed by atoms with Crippen molar-refractivity contribution in [3.63, 3.8) is 0 Å². The van der Waals surface area contributed by atoms with Gasteiger partial charge in [-0.25, -0.2) is 0 Å². The molecule has 1 saturated carbocycles. The Bertz CT molecular complexity index is 355. The van der Waals surface area contributed by atoms with Crippen molar-refractivity contribution in [2.24, 2.45) is 4.99 Å². The molecule has 6 heteroatoms. The molecule has 0 atom stereocenters. The molecule has 140 valence electrons. The first-order valence-electron chi connectivity index (χ1n) is 9.39. The largest absolute Gasteiger partial charge is 0.469 e. The standard InChI is InChI=1S/C18H35N3O3/c1-19-18(20-13-8-4-7-12-17(22)23-2)21-14-9-15-24-16-10-5-3-6-11-16/h16H,3-15H2,1-2H3,(H2,19,20,21). The average Bonchev–Trinajstić information content (AvgIpc) is 2.63. The van der Waals surface area contributed by atoms with E-state index in [1.807, 2.05) is 0 Å². The highest BCUT2D eigenvalue weighted by Gasteiger charge is 2.12. The molecule has 0 radical (unpaired) electrons. The van der Waals surface area contributed by atoms with Crippen molar-refractivity contribution in [1.82, 2.24) is 10.6 Å². The first kappa shape index (κ1) is 20.7. The molecular weight excluding hydrogens is 306 g/mol. The van der Waals surface area contributed by atoms with Crippen molar-refractivity contribution in [2.75, 3.05) is 33.9 Å². The Kier molecular flexibility index (Phi) is 12.2. The third kappa shape index (κ3) is 10.5. The summed E-state index contributed by atoms with van der Waals surface area (Å²) in [5.74, 6) is 0.705. The molecule has 1 aliphatic rings. The number of ether oxygens (including phenoxy) is 2. The number of hydrogen-bond donors (Lipinski definition) is 2. The van der Waals surface area contributed by atoms with E-state index in [4.69, 9.17) is 4.74 Å². The summed E-state index contributed by atoms with van der Waals surface area (Å²) in [4.78, 5) is 15.2. The van der Waals surface area contributed by atoms with E-state index in [0.717, 1.165) is 51.3 Å². The zero-order valence-electron chi connectivity index (χ0n) is 15.4. The monoisotopic (exact) mass is 341 g/mol. The van der Waals surface area contributed by atoms with Gasteiger partial charge in [-0.3, -0.25) is 9.79 Å². The summed E-state index contributed by atoms with van der Waals surface area (Å²) in [7, 11) is 3.21. The van der Waals surface area contributed by atoms with E-state index < -0.39 is 0 Å². The number of rotatable bonds is 11. The van der Waals surface area contributed by atoms with Crippen molar-refractivity contribution in [2.45, 2.75) is 70.3 Å². The Labute approximate surface area is 146 Å². The van der Waals surface area contributed by atoms with Gasteiger partial charge in [-0.1, -0.05) is 25.7 Å². The quantitative estimate of drug-likeness (QED) is 0.262. The van der Waals surface area contributed by atoms with Gasteiger partial charge in [-0.2, -0.15) is 0 Å². The van der Waals surface area contributed by atoms with Crippen LogP contribution >= 0.6 is 0 Å². The molecule has 2 N–H and O–H groups in total. The van der Waals surface area contributed by atoms with Gasteiger partial charge in [0.05, 0.1) is 13.2 Å². The second-order valence-electron chi connectivity index (χ2n) is 6.30. The van der Waals surface area contributed by atoms with Crippen LogP contribution in [-0.4, -0.2) is 51.9 Å². The van der Waals surface area contributed by atoms with Crippen LogP contribution < -0.4 is 10.6 Å². The molecule has 0 heterocycles. The van der Waals surface area contributed by atoms with Gasteiger partial charge in [-0.05, 0) is 32.1 Å². The third-order valence-corrected chi connectivity index (χ3v) is 4.32. The maximum absolute atomic E-state index is 11.0. The lowest BCUT2D eigenvalue weighted by atomic mass is 9.98. The molecule has 0 aromatic carbocycles. The van der Waals surface area contributed by atoms with E-state index in [1.54, 1.807) is 7.05 Å². The highest BCUT2D eigenvalue weighted by atomic mass is 16.5. The van der Waals surface area contributed by atoms with Crippen molar-refractivity contribution in [3.05, 3.63) is 0 Å². The zero-order valence-corrected chi connectivity index (χ0v) is 15.4. The van der Waals surface area contributed by atoms with E-state index >= 15 is 0 Å². The van der Waals surface area contributed by atoms with Crippen molar-refractivity contribution >= 4 is 11.9 Å².